The summed E-state index contributed by atoms with van der Waals surface area (Å²) >= 11 is 0. The van der Waals surface area contributed by atoms with Gasteiger partial charge >= 0.3 is 0 Å². The predicted octanol–water partition coefficient (Wildman–Crippen LogP) is 2.82. The van der Waals surface area contributed by atoms with Crippen molar-refractivity contribution in [2.75, 3.05) is 0 Å². The van der Waals surface area contributed by atoms with E-state index < -0.39 is 18.3 Å². The maximum absolute atomic E-state index is 12.9. The average molecular weight is 226 g/mol. The molecule has 0 saturated carbocycles. The van der Waals surface area contributed by atoms with Gasteiger partial charge in [0.05, 0.1) is 6.04 Å². The molecule has 1 nitrogen and oxygen atoms in total. The molecule has 0 fully saturated rings. The Morgan fingerprint density at radius 2 is 1.86 bits per heavy atom. The minimum atomic E-state index is -2.67. The molecule has 0 saturated heterocycles. The Kier molecular flexibility index (Phi) is 4.94. The Bertz CT molecular complexity index is 304. The lowest BCUT2D eigenvalue weighted by atomic mass is 10.0. The zero-order valence-electron chi connectivity index (χ0n) is 7.51. The summed E-state index contributed by atoms with van der Waals surface area (Å²) in [5, 5.41) is 0. The van der Waals surface area contributed by atoms with E-state index >= 15 is 0 Å². The van der Waals surface area contributed by atoms with Crippen LogP contribution < -0.4 is 5.73 Å². The van der Waals surface area contributed by atoms with E-state index in [1.807, 2.05) is 0 Å². The van der Waals surface area contributed by atoms with Crippen molar-refractivity contribution in [1.82, 2.24) is 0 Å². The van der Waals surface area contributed by atoms with Crippen molar-refractivity contribution in [1.29, 1.82) is 0 Å². The van der Waals surface area contributed by atoms with Gasteiger partial charge in [-0.25, -0.2) is 13.2 Å². The van der Waals surface area contributed by atoms with Crippen molar-refractivity contribution in [3.63, 3.8) is 0 Å². The zero-order chi connectivity index (χ0) is 10.0. The Balaban J connectivity index is 0.00000169. The molecule has 14 heavy (non-hydrogen) atoms. The van der Waals surface area contributed by atoms with E-state index in [9.17, 15) is 13.2 Å². The molecule has 1 aromatic carbocycles. The number of alkyl halides is 2. The molecular formula is C9H11ClF3N. The van der Waals surface area contributed by atoms with Crippen molar-refractivity contribution in [3.05, 3.63) is 35.1 Å². The van der Waals surface area contributed by atoms with Gasteiger partial charge in [-0.15, -0.1) is 12.4 Å². The van der Waals surface area contributed by atoms with Gasteiger partial charge in [0.25, 0.3) is 6.43 Å². The van der Waals surface area contributed by atoms with Crippen LogP contribution >= 0.6 is 12.4 Å². The molecule has 0 bridgehead atoms. The quantitative estimate of drug-likeness (QED) is 0.823. The van der Waals surface area contributed by atoms with Gasteiger partial charge in [-0.1, -0.05) is 12.1 Å². The van der Waals surface area contributed by atoms with Crippen molar-refractivity contribution >= 4 is 12.4 Å². The number of hydrogen-bond acceptors (Lipinski definition) is 1. The minimum Gasteiger partial charge on any atom is -0.319 e. The molecule has 0 amide bonds. The third-order valence-electron chi connectivity index (χ3n) is 1.94. The highest BCUT2D eigenvalue weighted by Gasteiger charge is 2.20. The van der Waals surface area contributed by atoms with Crippen LogP contribution in [0.1, 0.15) is 17.2 Å². The maximum Gasteiger partial charge on any atom is 0.257 e. The summed E-state index contributed by atoms with van der Waals surface area (Å²) < 4.78 is 37.3. The molecule has 0 aliphatic carbocycles. The molecule has 0 heterocycles. The van der Waals surface area contributed by atoms with Crippen LogP contribution in [-0.2, 0) is 0 Å². The van der Waals surface area contributed by atoms with E-state index in [0.717, 1.165) is 0 Å². The summed E-state index contributed by atoms with van der Waals surface area (Å²) in [6.07, 6.45) is -2.67. The monoisotopic (exact) mass is 225 g/mol. The average Bonchev–Trinajstić information content (AvgIpc) is 2.08. The van der Waals surface area contributed by atoms with Gasteiger partial charge in [0.2, 0.25) is 0 Å². The van der Waals surface area contributed by atoms with Crippen LogP contribution in [0.2, 0.25) is 0 Å². The van der Waals surface area contributed by atoms with Crippen LogP contribution in [-0.4, -0.2) is 6.43 Å². The summed E-state index contributed by atoms with van der Waals surface area (Å²) in [7, 11) is 0. The molecule has 80 valence electrons. The standard InChI is InChI=1S/C9H10F3N.ClH/c1-5-6(8(13)9(11)12)3-2-4-7(5)10;/h2-4,8-9H,13H2,1H3;1H/t8-;/m1./s1. The second-order valence-electron chi connectivity index (χ2n) is 2.81. The summed E-state index contributed by atoms with van der Waals surface area (Å²) in [5.74, 6) is -0.506. The second kappa shape index (κ2) is 5.22. The Labute approximate surface area is 86.5 Å². The second-order valence-corrected chi connectivity index (χ2v) is 2.81. The lowest BCUT2D eigenvalue weighted by Crippen LogP contribution is -2.20. The normalized spacial score (nSPS) is 12.4. The lowest BCUT2D eigenvalue weighted by molar-refractivity contribution is 0.116. The fraction of sp³-hybridized carbons (Fsp3) is 0.333. The first kappa shape index (κ1) is 13.3. The fourth-order valence-corrected chi connectivity index (χ4v) is 1.12. The van der Waals surface area contributed by atoms with Crippen LogP contribution in [0.4, 0.5) is 13.2 Å². The third-order valence-corrected chi connectivity index (χ3v) is 1.94. The number of benzene rings is 1. The van der Waals surface area contributed by atoms with E-state index in [4.69, 9.17) is 5.73 Å². The van der Waals surface area contributed by atoms with Crippen molar-refractivity contribution in [2.24, 2.45) is 5.73 Å². The van der Waals surface area contributed by atoms with Gasteiger partial charge in [-0.05, 0) is 24.1 Å². The van der Waals surface area contributed by atoms with Crippen LogP contribution in [0.25, 0.3) is 0 Å². The summed E-state index contributed by atoms with van der Waals surface area (Å²) in [6.45, 7) is 1.44. The Morgan fingerprint density at radius 3 is 2.36 bits per heavy atom. The van der Waals surface area contributed by atoms with E-state index in [1.54, 1.807) is 0 Å². The SMILES string of the molecule is Cc1c(F)cccc1[C@@H](N)C(F)F.Cl. The van der Waals surface area contributed by atoms with Crippen molar-refractivity contribution in [2.45, 2.75) is 19.4 Å². The van der Waals surface area contributed by atoms with Gasteiger partial charge in [-0.2, -0.15) is 0 Å². The molecular weight excluding hydrogens is 215 g/mol. The largest absolute Gasteiger partial charge is 0.319 e. The highest BCUT2D eigenvalue weighted by Crippen LogP contribution is 2.22. The third kappa shape index (κ3) is 2.62. The topological polar surface area (TPSA) is 26.0 Å². The highest BCUT2D eigenvalue weighted by atomic mass is 35.5. The van der Waals surface area contributed by atoms with Crippen LogP contribution in [0.15, 0.2) is 18.2 Å². The highest BCUT2D eigenvalue weighted by molar-refractivity contribution is 5.85. The molecule has 0 aliphatic rings. The van der Waals surface area contributed by atoms with Gasteiger partial charge in [0, 0.05) is 0 Å². The van der Waals surface area contributed by atoms with Gasteiger partial charge in [0.15, 0.2) is 0 Å². The summed E-state index contributed by atoms with van der Waals surface area (Å²) in [4.78, 5) is 0. The maximum atomic E-state index is 12.9. The molecule has 0 aliphatic heterocycles. The van der Waals surface area contributed by atoms with Crippen LogP contribution in [0.5, 0.6) is 0 Å². The van der Waals surface area contributed by atoms with Crippen LogP contribution in [0.3, 0.4) is 0 Å². The zero-order valence-corrected chi connectivity index (χ0v) is 8.32. The molecule has 1 aromatic rings. The molecule has 0 unspecified atom stereocenters. The molecule has 1 atom stereocenters. The number of hydrogen-bond donors (Lipinski definition) is 1. The van der Waals surface area contributed by atoms with E-state index in [-0.39, 0.29) is 23.5 Å². The molecule has 5 heteroatoms. The predicted molar refractivity (Wildman–Crippen MR) is 51.3 cm³/mol. The Morgan fingerprint density at radius 1 is 1.29 bits per heavy atom. The molecule has 1 rings (SSSR count). The molecule has 2 N–H and O–H groups in total. The first-order valence-corrected chi connectivity index (χ1v) is 3.82. The van der Waals surface area contributed by atoms with Gasteiger partial charge < -0.3 is 5.73 Å². The smallest absolute Gasteiger partial charge is 0.257 e. The van der Waals surface area contributed by atoms with E-state index in [0.29, 0.717) is 0 Å². The fourth-order valence-electron chi connectivity index (χ4n) is 1.12. The van der Waals surface area contributed by atoms with E-state index in [1.165, 1.54) is 25.1 Å². The lowest BCUT2D eigenvalue weighted by Gasteiger charge is -2.13. The van der Waals surface area contributed by atoms with Gasteiger partial charge in [-0.3, -0.25) is 0 Å². The molecule has 0 spiro atoms. The molecule has 0 radical (unpaired) electrons. The van der Waals surface area contributed by atoms with E-state index in [2.05, 4.69) is 0 Å². The first-order chi connectivity index (χ1) is 6.04. The summed E-state index contributed by atoms with van der Waals surface area (Å²) in [6, 6.07) is 2.60. The van der Waals surface area contributed by atoms with Crippen LogP contribution in [0, 0.1) is 12.7 Å². The van der Waals surface area contributed by atoms with Crippen molar-refractivity contribution in [3.8, 4) is 0 Å². The number of nitrogens with two attached hydrogens (primary N) is 1. The summed E-state index contributed by atoms with van der Waals surface area (Å²) in [5.41, 5.74) is 5.54. The minimum absolute atomic E-state index is 0. The first-order valence-electron chi connectivity index (χ1n) is 3.82. The number of rotatable bonds is 2. The van der Waals surface area contributed by atoms with Gasteiger partial charge in [0.1, 0.15) is 5.82 Å². The number of halogens is 4. The Hall–Kier alpha value is -0.740. The van der Waals surface area contributed by atoms with Crippen molar-refractivity contribution < 1.29 is 13.2 Å². The molecule has 0 aromatic heterocycles.